The van der Waals surface area contributed by atoms with Gasteiger partial charge in [-0.05, 0) is 73.9 Å². The molecule has 2 heterocycles. The van der Waals surface area contributed by atoms with Gasteiger partial charge in [-0.25, -0.2) is 5.01 Å². The average molecular weight is 489 g/mol. The summed E-state index contributed by atoms with van der Waals surface area (Å²) < 4.78 is 5.72. The van der Waals surface area contributed by atoms with E-state index < -0.39 is 6.17 Å². The fourth-order valence-corrected chi connectivity index (χ4v) is 4.98. The summed E-state index contributed by atoms with van der Waals surface area (Å²) in [5.41, 5.74) is 3.84. The average Bonchev–Trinajstić information content (AvgIpc) is 3.30. The van der Waals surface area contributed by atoms with Crippen molar-refractivity contribution in [2.45, 2.75) is 32.4 Å². The number of benzene rings is 3. The second kappa shape index (κ2) is 10.0. The summed E-state index contributed by atoms with van der Waals surface area (Å²) in [6.45, 7) is 3.72. The van der Waals surface area contributed by atoms with Crippen LogP contribution in [0.5, 0.6) is 5.75 Å². The Kier molecular flexibility index (Phi) is 6.64. The second-order valence-corrected chi connectivity index (χ2v) is 9.29. The lowest BCUT2D eigenvalue weighted by Gasteiger charge is -2.33. The third kappa shape index (κ3) is 4.58. The molecule has 35 heavy (non-hydrogen) atoms. The molecule has 3 aromatic carbocycles. The number of hydrogen-bond donors (Lipinski definition) is 0. The molecule has 0 amide bonds. The minimum Gasteiger partial charge on any atom is -0.496 e. The molecule has 0 N–H and O–H groups in total. The summed E-state index contributed by atoms with van der Waals surface area (Å²) in [6, 6.07) is 23.8. The summed E-state index contributed by atoms with van der Waals surface area (Å²) in [5.74, 6) is 0.995. The number of hydrazone groups is 1. The third-order valence-electron chi connectivity index (χ3n) is 6.58. The number of methoxy groups -OCH3 is 1. The van der Waals surface area contributed by atoms with Gasteiger partial charge in [-0.15, -0.1) is 5.10 Å². The Labute approximate surface area is 211 Å². The van der Waals surface area contributed by atoms with Crippen LogP contribution in [0.15, 0.2) is 77.9 Å². The molecule has 6 nitrogen and oxygen atoms in total. The molecule has 0 saturated carbocycles. The van der Waals surface area contributed by atoms with Gasteiger partial charge >= 0.3 is 0 Å². The van der Waals surface area contributed by atoms with E-state index in [1.807, 2.05) is 58.4 Å². The predicted molar refractivity (Wildman–Crippen MR) is 143 cm³/mol. The van der Waals surface area contributed by atoms with Crippen LogP contribution in [0.3, 0.4) is 0 Å². The fraction of sp³-hybridized carbons (Fsp3) is 0.286. The number of Topliss-reactive ketones (excluding diaryl/α,β-unsaturated/α-hetero) is 1. The lowest BCUT2D eigenvalue weighted by Crippen LogP contribution is -2.38. The number of hydrogen-bond acceptors (Lipinski definition) is 6. The molecule has 0 aliphatic carbocycles. The molecule has 180 valence electrons. The number of anilines is 3. The van der Waals surface area contributed by atoms with Gasteiger partial charge in [0.25, 0.3) is 0 Å². The van der Waals surface area contributed by atoms with E-state index in [0.717, 1.165) is 35.8 Å². The first kappa shape index (κ1) is 23.2. The van der Waals surface area contributed by atoms with E-state index in [2.05, 4.69) is 29.2 Å². The first-order valence-corrected chi connectivity index (χ1v) is 12.4. The van der Waals surface area contributed by atoms with Crippen molar-refractivity contribution in [2.24, 2.45) is 5.10 Å². The van der Waals surface area contributed by atoms with E-state index in [4.69, 9.17) is 21.4 Å². The summed E-state index contributed by atoms with van der Waals surface area (Å²) in [4.78, 5) is 17.3. The monoisotopic (exact) mass is 488 g/mol. The molecule has 1 saturated heterocycles. The number of amidine groups is 1. The van der Waals surface area contributed by atoms with Gasteiger partial charge in [0.2, 0.25) is 0 Å². The minimum absolute atomic E-state index is 0.110. The highest BCUT2D eigenvalue weighted by Crippen LogP contribution is 2.42. The van der Waals surface area contributed by atoms with Crippen molar-refractivity contribution >= 4 is 40.3 Å². The molecule has 0 aromatic heterocycles. The lowest BCUT2D eigenvalue weighted by molar-refractivity contribution is -0.111. The normalized spacial score (nSPS) is 18.0. The number of carbonyl (C=O) groups is 1. The van der Waals surface area contributed by atoms with Crippen molar-refractivity contribution in [3.63, 3.8) is 0 Å². The molecule has 2 aliphatic heterocycles. The Morgan fingerprint density at radius 2 is 1.51 bits per heavy atom. The molecule has 3 aromatic rings. The van der Waals surface area contributed by atoms with E-state index in [-0.39, 0.29) is 5.78 Å². The van der Waals surface area contributed by atoms with E-state index in [1.165, 1.54) is 24.9 Å². The number of rotatable bonds is 6. The van der Waals surface area contributed by atoms with Crippen molar-refractivity contribution in [3.05, 3.63) is 83.4 Å². The standard InChI is InChI=1S/C28H29ClN4O2/c1-20(34)27-30-33(24-12-10-21(29)11-13-24)28(25-8-4-5-9-26(25)35-2)32(27)23-16-14-22(15-17-23)31-18-6-3-7-19-31/h4-5,8-17,28H,3,6-7,18-19H2,1-2H3/t28-/m0/s1. The third-order valence-corrected chi connectivity index (χ3v) is 6.83. The zero-order valence-corrected chi connectivity index (χ0v) is 20.8. The molecule has 1 fully saturated rings. The van der Waals surface area contributed by atoms with Crippen molar-refractivity contribution in [3.8, 4) is 5.75 Å². The Hall–Kier alpha value is -3.51. The smallest absolute Gasteiger partial charge is 0.198 e. The van der Waals surface area contributed by atoms with Gasteiger partial charge in [0.15, 0.2) is 17.8 Å². The highest BCUT2D eigenvalue weighted by molar-refractivity contribution is 6.44. The lowest BCUT2D eigenvalue weighted by atomic mass is 10.1. The molecular formula is C28H29ClN4O2. The van der Waals surface area contributed by atoms with Crippen LogP contribution in [0, 0.1) is 0 Å². The van der Waals surface area contributed by atoms with Crippen LogP contribution in [0.25, 0.3) is 0 Å². The molecule has 1 atom stereocenters. The van der Waals surface area contributed by atoms with E-state index >= 15 is 0 Å². The van der Waals surface area contributed by atoms with Crippen LogP contribution in [0.2, 0.25) is 5.02 Å². The maximum Gasteiger partial charge on any atom is 0.198 e. The van der Waals surface area contributed by atoms with Crippen LogP contribution < -0.4 is 19.5 Å². The molecule has 2 aliphatic rings. The molecule has 0 bridgehead atoms. The quantitative estimate of drug-likeness (QED) is 0.409. The molecule has 5 rings (SSSR count). The first-order valence-electron chi connectivity index (χ1n) is 12.0. The van der Waals surface area contributed by atoms with Crippen LogP contribution in [-0.2, 0) is 4.79 Å². The fourth-order valence-electron chi connectivity index (χ4n) is 4.85. The number of para-hydroxylation sites is 1. The van der Waals surface area contributed by atoms with E-state index in [0.29, 0.717) is 10.9 Å². The van der Waals surface area contributed by atoms with Crippen molar-refractivity contribution in [2.75, 3.05) is 35.0 Å². The maximum absolute atomic E-state index is 12.8. The molecule has 7 heteroatoms. The zero-order valence-electron chi connectivity index (χ0n) is 20.0. The highest BCUT2D eigenvalue weighted by atomic mass is 35.5. The second-order valence-electron chi connectivity index (χ2n) is 8.85. The number of carbonyl (C=O) groups excluding carboxylic acids is 1. The zero-order chi connectivity index (χ0) is 24.4. The number of halogens is 1. The number of ketones is 1. The maximum atomic E-state index is 12.8. The highest BCUT2D eigenvalue weighted by Gasteiger charge is 2.40. The summed E-state index contributed by atoms with van der Waals surface area (Å²) >= 11 is 6.16. The van der Waals surface area contributed by atoms with Crippen molar-refractivity contribution < 1.29 is 9.53 Å². The van der Waals surface area contributed by atoms with Crippen LogP contribution in [-0.4, -0.2) is 31.8 Å². The van der Waals surface area contributed by atoms with Crippen LogP contribution >= 0.6 is 11.6 Å². The summed E-state index contributed by atoms with van der Waals surface area (Å²) in [5, 5.41) is 7.31. The number of nitrogens with zero attached hydrogens (tertiary/aromatic N) is 4. The van der Waals surface area contributed by atoms with Gasteiger partial charge in [0.1, 0.15) is 5.75 Å². The topological polar surface area (TPSA) is 48.4 Å². The largest absolute Gasteiger partial charge is 0.496 e. The Morgan fingerprint density at radius 3 is 2.17 bits per heavy atom. The number of ether oxygens (including phenoxy) is 1. The first-order chi connectivity index (χ1) is 17.1. The van der Waals surface area contributed by atoms with E-state index in [9.17, 15) is 4.79 Å². The molecule has 0 unspecified atom stereocenters. The minimum atomic E-state index is -0.410. The van der Waals surface area contributed by atoms with Crippen LogP contribution in [0.4, 0.5) is 17.1 Å². The Morgan fingerprint density at radius 1 is 0.886 bits per heavy atom. The van der Waals surface area contributed by atoms with Gasteiger partial charge in [-0.2, -0.15) is 0 Å². The van der Waals surface area contributed by atoms with Crippen molar-refractivity contribution in [1.29, 1.82) is 0 Å². The molecule has 0 spiro atoms. The van der Waals surface area contributed by atoms with Gasteiger partial charge in [0.05, 0.1) is 12.8 Å². The van der Waals surface area contributed by atoms with Crippen LogP contribution in [0.1, 0.15) is 37.9 Å². The Bertz CT molecular complexity index is 1220. The van der Waals surface area contributed by atoms with Gasteiger partial charge in [0, 0.05) is 42.0 Å². The predicted octanol–water partition coefficient (Wildman–Crippen LogP) is 6.27. The van der Waals surface area contributed by atoms with Crippen molar-refractivity contribution in [1.82, 2.24) is 0 Å². The Balaban J connectivity index is 1.60. The van der Waals surface area contributed by atoms with Gasteiger partial charge in [-0.1, -0.05) is 29.8 Å². The van der Waals surface area contributed by atoms with E-state index in [1.54, 1.807) is 14.0 Å². The number of piperidine rings is 1. The molecular weight excluding hydrogens is 460 g/mol. The van der Waals surface area contributed by atoms with Gasteiger partial charge in [-0.3, -0.25) is 9.69 Å². The van der Waals surface area contributed by atoms with Gasteiger partial charge < -0.3 is 9.64 Å². The summed E-state index contributed by atoms with van der Waals surface area (Å²) in [7, 11) is 1.66. The SMILES string of the molecule is COc1ccccc1[C@@H]1N(c2ccc(Cl)cc2)N=C(C(C)=O)N1c1ccc(N2CCCCC2)cc1. The molecule has 0 radical (unpaired) electrons. The summed E-state index contributed by atoms with van der Waals surface area (Å²) in [6.07, 6.45) is 3.33.